The van der Waals surface area contributed by atoms with E-state index < -0.39 is 0 Å². The van der Waals surface area contributed by atoms with Crippen molar-refractivity contribution in [2.75, 3.05) is 13.1 Å². The number of aromatic amines is 1. The SMILES string of the molecule is Cc1n[nH]nc1C(=O)N1C[C@H]2C[C@@H](C1)[C@H](CCC(C)C)n1c2cccc1=O. The van der Waals surface area contributed by atoms with Crippen molar-refractivity contribution in [1.82, 2.24) is 24.9 Å². The van der Waals surface area contributed by atoms with Gasteiger partial charge >= 0.3 is 0 Å². The second kappa shape index (κ2) is 6.94. The van der Waals surface area contributed by atoms with Crippen molar-refractivity contribution in [1.29, 1.82) is 0 Å². The summed E-state index contributed by atoms with van der Waals surface area (Å²) in [7, 11) is 0. The first-order valence-corrected chi connectivity index (χ1v) is 9.83. The largest absolute Gasteiger partial charge is 0.336 e. The molecule has 2 aromatic rings. The van der Waals surface area contributed by atoms with Crippen molar-refractivity contribution in [3.8, 4) is 0 Å². The molecule has 3 atom stereocenters. The van der Waals surface area contributed by atoms with Gasteiger partial charge in [-0.05, 0) is 44.1 Å². The third kappa shape index (κ3) is 3.19. The van der Waals surface area contributed by atoms with Gasteiger partial charge in [-0.15, -0.1) is 0 Å². The summed E-state index contributed by atoms with van der Waals surface area (Å²) in [5.41, 5.74) is 2.19. The predicted molar refractivity (Wildman–Crippen MR) is 102 cm³/mol. The van der Waals surface area contributed by atoms with E-state index in [0.29, 0.717) is 36.3 Å². The molecule has 144 valence electrons. The zero-order valence-corrected chi connectivity index (χ0v) is 16.2. The Kier molecular flexibility index (Phi) is 4.61. The molecule has 7 heteroatoms. The van der Waals surface area contributed by atoms with E-state index in [0.717, 1.165) is 25.0 Å². The summed E-state index contributed by atoms with van der Waals surface area (Å²) in [6.07, 6.45) is 3.08. The number of likely N-dealkylation sites (tertiary alicyclic amines) is 1. The highest BCUT2D eigenvalue weighted by Crippen LogP contribution is 2.43. The van der Waals surface area contributed by atoms with Crippen molar-refractivity contribution >= 4 is 5.91 Å². The molecule has 1 amide bonds. The number of hydrogen-bond acceptors (Lipinski definition) is 4. The van der Waals surface area contributed by atoms with Crippen LogP contribution >= 0.6 is 0 Å². The number of hydrogen-bond donors (Lipinski definition) is 1. The van der Waals surface area contributed by atoms with Gasteiger partial charge in [0.25, 0.3) is 11.5 Å². The number of amides is 1. The molecule has 4 rings (SSSR count). The fourth-order valence-electron chi connectivity index (χ4n) is 4.72. The first kappa shape index (κ1) is 17.9. The molecule has 1 fully saturated rings. The van der Waals surface area contributed by atoms with Crippen molar-refractivity contribution in [3.05, 3.63) is 45.6 Å². The molecule has 0 aliphatic carbocycles. The number of aryl methyl sites for hydroxylation is 1. The smallest absolute Gasteiger partial charge is 0.276 e. The Hall–Kier alpha value is -2.44. The standard InChI is InChI=1S/C20H27N5O2/c1-12(2)7-8-17-15-9-14(16-5-4-6-18(26)25(16)17)10-24(11-15)20(27)19-13(3)21-23-22-19/h4-6,12,14-15,17H,7-11H2,1-3H3,(H,21,22,23)/t14-,15+,17+/m1/s1. The molecule has 0 unspecified atom stereocenters. The quantitative estimate of drug-likeness (QED) is 0.897. The van der Waals surface area contributed by atoms with E-state index >= 15 is 0 Å². The normalized spacial score (nSPS) is 24.1. The second-order valence-electron chi connectivity index (χ2n) is 8.36. The molecule has 4 heterocycles. The van der Waals surface area contributed by atoms with E-state index in [2.05, 4.69) is 35.3 Å². The topological polar surface area (TPSA) is 83.9 Å². The Morgan fingerprint density at radius 3 is 2.81 bits per heavy atom. The van der Waals surface area contributed by atoms with Crippen LogP contribution in [0.4, 0.5) is 0 Å². The molecule has 0 aromatic carbocycles. The average molecular weight is 369 g/mol. The van der Waals surface area contributed by atoms with E-state index in [4.69, 9.17) is 0 Å². The number of carbonyl (C=O) groups is 1. The van der Waals surface area contributed by atoms with Crippen LogP contribution in [0.15, 0.2) is 23.0 Å². The number of fused-ring (bicyclic) bond motifs is 4. The lowest BCUT2D eigenvalue weighted by Gasteiger charge is -2.47. The maximum atomic E-state index is 13.0. The van der Waals surface area contributed by atoms with Crippen molar-refractivity contribution < 1.29 is 4.79 Å². The molecule has 1 N–H and O–H groups in total. The molecular weight excluding hydrogens is 342 g/mol. The van der Waals surface area contributed by atoms with Crippen molar-refractivity contribution in [3.63, 3.8) is 0 Å². The number of carbonyl (C=O) groups excluding carboxylic acids is 1. The first-order valence-electron chi connectivity index (χ1n) is 9.83. The van der Waals surface area contributed by atoms with Gasteiger partial charge in [0.15, 0.2) is 5.69 Å². The summed E-state index contributed by atoms with van der Waals surface area (Å²) >= 11 is 0. The van der Waals surface area contributed by atoms with E-state index in [1.54, 1.807) is 13.0 Å². The third-order valence-electron chi connectivity index (χ3n) is 6.05. The number of H-pyrrole nitrogens is 1. The molecule has 27 heavy (non-hydrogen) atoms. The minimum Gasteiger partial charge on any atom is -0.336 e. The van der Waals surface area contributed by atoms with Gasteiger partial charge in [-0.25, -0.2) is 0 Å². The Morgan fingerprint density at radius 1 is 1.30 bits per heavy atom. The predicted octanol–water partition coefficient (Wildman–Crippen LogP) is 2.51. The van der Waals surface area contributed by atoms with Crippen LogP contribution in [-0.2, 0) is 0 Å². The number of nitrogens with zero attached hydrogens (tertiary/aromatic N) is 4. The molecule has 2 aliphatic heterocycles. The van der Waals surface area contributed by atoms with Crippen LogP contribution in [0.1, 0.15) is 66.9 Å². The van der Waals surface area contributed by atoms with Gasteiger partial charge in [0.05, 0.1) is 5.69 Å². The number of rotatable bonds is 4. The van der Waals surface area contributed by atoms with E-state index in [9.17, 15) is 9.59 Å². The second-order valence-corrected chi connectivity index (χ2v) is 8.36. The Morgan fingerprint density at radius 2 is 2.11 bits per heavy atom. The Labute approximate surface area is 158 Å². The highest BCUT2D eigenvalue weighted by molar-refractivity contribution is 5.93. The number of aromatic nitrogens is 4. The average Bonchev–Trinajstić information content (AvgIpc) is 3.07. The Balaban J connectivity index is 1.68. The minimum atomic E-state index is -0.0645. The van der Waals surface area contributed by atoms with Crippen LogP contribution in [-0.4, -0.2) is 43.9 Å². The summed E-state index contributed by atoms with van der Waals surface area (Å²) in [5.74, 6) is 1.02. The van der Waals surface area contributed by atoms with Gasteiger partial charge in [-0.2, -0.15) is 15.4 Å². The fourth-order valence-corrected chi connectivity index (χ4v) is 4.72. The van der Waals surface area contributed by atoms with E-state index in [1.807, 2.05) is 15.5 Å². The summed E-state index contributed by atoms with van der Waals surface area (Å²) < 4.78 is 2.02. The highest BCUT2D eigenvalue weighted by Gasteiger charge is 2.42. The zero-order valence-electron chi connectivity index (χ0n) is 16.2. The number of pyridine rings is 1. The first-order chi connectivity index (χ1) is 13.0. The molecule has 2 bridgehead atoms. The molecule has 1 saturated heterocycles. The molecule has 0 spiro atoms. The summed E-state index contributed by atoms with van der Waals surface area (Å²) in [6.45, 7) is 7.52. The summed E-state index contributed by atoms with van der Waals surface area (Å²) in [5, 5.41) is 10.6. The lowest BCUT2D eigenvalue weighted by molar-refractivity contribution is 0.0507. The van der Waals surface area contributed by atoms with Crippen LogP contribution in [0.2, 0.25) is 0 Å². The van der Waals surface area contributed by atoms with Gasteiger partial charge in [-0.3, -0.25) is 9.59 Å². The Bertz CT molecular complexity index is 900. The van der Waals surface area contributed by atoms with Gasteiger partial charge in [0, 0.05) is 36.8 Å². The van der Waals surface area contributed by atoms with Crippen LogP contribution in [0.3, 0.4) is 0 Å². The summed E-state index contributed by atoms with van der Waals surface area (Å²) in [6, 6.07) is 5.71. The maximum absolute atomic E-state index is 13.0. The highest BCUT2D eigenvalue weighted by atomic mass is 16.2. The summed E-state index contributed by atoms with van der Waals surface area (Å²) in [4.78, 5) is 27.6. The van der Waals surface area contributed by atoms with Gasteiger partial charge in [0.2, 0.25) is 0 Å². The van der Waals surface area contributed by atoms with Crippen LogP contribution in [0.25, 0.3) is 0 Å². The maximum Gasteiger partial charge on any atom is 0.276 e. The van der Waals surface area contributed by atoms with Crippen LogP contribution in [0, 0.1) is 18.8 Å². The third-order valence-corrected chi connectivity index (χ3v) is 6.05. The lowest BCUT2D eigenvalue weighted by atomic mass is 9.76. The van der Waals surface area contributed by atoms with E-state index in [-0.39, 0.29) is 23.4 Å². The molecule has 7 nitrogen and oxygen atoms in total. The van der Waals surface area contributed by atoms with Crippen molar-refractivity contribution in [2.45, 2.75) is 52.0 Å². The van der Waals surface area contributed by atoms with Crippen molar-refractivity contribution in [2.24, 2.45) is 11.8 Å². The number of piperidine rings is 1. The molecule has 0 saturated carbocycles. The zero-order chi connectivity index (χ0) is 19.1. The monoisotopic (exact) mass is 369 g/mol. The number of nitrogens with one attached hydrogen (secondary N) is 1. The van der Waals surface area contributed by atoms with Crippen LogP contribution < -0.4 is 5.56 Å². The van der Waals surface area contributed by atoms with E-state index in [1.165, 1.54) is 0 Å². The molecule has 0 radical (unpaired) electrons. The molecular formula is C20H27N5O2. The minimum absolute atomic E-state index is 0.0645. The van der Waals surface area contributed by atoms with Gasteiger partial charge in [-0.1, -0.05) is 19.9 Å². The molecule has 2 aliphatic rings. The molecule has 2 aromatic heterocycles. The van der Waals surface area contributed by atoms with Gasteiger partial charge in [0.1, 0.15) is 0 Å². The fraction of sp³-hybridized carbons (Fsp3) is 0.600. The lowest BCUT2D eigenvalue weighted by Crippen LogP contribution is -2.51. The van der Waals surface area contributed by atoms with Crippen LogP contribution in [0.5, 0.6) is 0 Å². The van der Waals surface area contributed by atoms with Gasteiger partial charge < -0.3 is 9.47 Å².